The van der Waals surface area contributed by atoms with Crippen molar-refractivity contribution >= 4 is 23.3 Å². The second-order valence-corrected chi connectivity index (χ2v) is 5.99. The third kappa shape index (κ3) is 4.70. The van der Waals surface area contributed by atoms with Crippen LogP contribution in [0.25, 0.3) is 0 Å². The van der Waals surface area contributed by atoms with E-state index in [4.69, 9.17) is 10.5 Å². The van der Waals surface area contributed by atoms with Crippen LogP contribution in [0.3, 0.4) is 0 Å². The highest BCUT2D eigenvalue weighted by molar-refractivity contribution is 6.06. The summed E-state index contributed by atoms with van der Waals surface area (Å²) in [5.74, 6) is 1.05. The van der Waals surface area contributed by atoms with Gasteiger partial charge in [-0.05, 0) is 12.8 Å². The van der Waals surface area contributed by atoms with Gasteiger partial charge in [-0.2, -0.15) is 4.98 Å². The third-order valence-corrected chi connectivity index (χ3v) is 3.78. The van der Waals surface area contributed by atoms with Gasteiger partial charge in [0.05, 0.1) is 6.61 Å². The third-order valence-electron chi connectivity index (χ3n) is 3.78. The summed E-state index contributed by atoms with van der Waals surface area (Å²) in [5.41, 5.74) is 7.98. The van der Waals surface area contributed by atoms with E-state index in [2.05, 4.69) is 50.1 Å². The van der Waals surface area contributed by atoms with Crippen LogP contribution in [-0.2, 0) is 4.74 Å². The Kier molecular flexibility index (Phi) is 6.77. The molecule has 1 atom stereocenters. The summed E-state index contributed by atoms with van der Waals surface area (Å²) in [5, 5.41) is 13.0. The second kappa shape index (κ2) is 8.82. The van der Waals surface area contributed by atoms with Crippen molar-refractivity contribution in [2.24, 2.45) is 10.7 Å². The van der Waals surface area contributed by atoms with Crippen molar-refractivity contribution < 1.29 is 4.74 Å². The molecule has 0 bridgehead atoms. The molecule has 1 aliphatic heterocycles. The summed E-state index contributed by atoms with van der Waals surface area (Å²) in [6.07, 6.45) is 2.49. The molecule has 1 aromatic heterocycles. The van der Waals surface area contributed by atoms with Gasteiger partial charge >= 0.3 is 0 Å². The summed E-state index contributed by atoms with van der Waals surface area (Å²) in [6.45, 7) is 6.20. The van der Waals surface area contributed by atoms with Crippen molar-refractivity contribution in [2.75, 3.05) is 49.8 Å². The minimum atomic E-state index is -0.872. The van der Waals surface area contributed by atoms with Crippen LogP contribution in [0.5, 0.6) is 0 Å². The van der Waals surface area contributed by atoms with Crippen LogP contribution >= 0.6 is 0 Å². The molecule has 6 N–H and O–H groups in total. The number of aromatic nitrogens is 2. The van der Waals surface area contributed by atoms with Gasteiger partial charge in [0.1, 0.15) is 11.4 Å². The van der Waals surface area contributed by atoms with E-state index in [0.29, 0.717) is 42.9 Å². The van der Waals surface area contributed by atoms with Crippen molar-refractivity contribution in [2.45, 2.75) is 38.9 Å². The zero-order chi connectivity index (χ0) is 18.3. The van der Waals surface area contributed by atoms with Crippen LogP contribution in [0.2, 0.25) is 0 Å². The van der Waals surface area contributed by atoms with Gasteiger partial charge in [0, 0.05) is 33.7 Å². The number of nitrogens with zero attached hydrogens (tertiary/aromatic N) is 3. The number of aliphatic imine (C=N–C) groups is 1. The van der Waals surface area contributed by atoms with Gasteiger partial charge < -0.3 is 26.0 Å². The Morgan fingerprint density at radius 3 is 2.68 bits per heavy atom. The Hall–Kier alpha value is -2.13. The number of methoxy groups -OCH3 is 1. The lowest BCUT2D eigenvalue weighted by molar-refractivity contribution is 0.169. The van der Waals surface area contributed by atoms with Crippen molar-refractivity contribution in [3.63, 3.8) is 0 Å². The Morgan fingerprint density at radius 2 is 2.04 bits per heavy atom. The molecule has 0 saturated carbocycles. The molecule has 2 rings (SSSR count). The molecule has 2 heterocycles. The average molecular weight is 350 g/mol. The molecule has 1 unspecified atom stereocenters. The molecule has 9 nitrogen and oxygen atoms in total. The van der Waals surface area contributed by atoms with E-state index in [-0.39, 0.29) is 0 Å². The second-order valence-electron chi connectivity index (χ2n) is 5.99. The normalized spacial score (nSPS) is 20.6. The number of anilines is 3. The molecule has 0 aromatic carbocycles. The molecular weight excluding hydrogens is 320 g/mol. The van der Waals surface area contributed by atoms with Crippen molar-refractivity contribution in [1.82, 2.24) is 15.3 Å². The Bertz CT molecular complexity index is 606. The van der Waals surface area contributed by atoms with Gasteiger partial charge in [-0.15, -0.1) is 0 Å². The smallest absolute Gasteiger partial charge is 0.225 e. The molecule has 0 radical (unpaired) electrons. The van der Waals surface area contributed by atoms with E-state index in [1.165, 1.54) is 0 Å². The fourth-order valence-electron chi connectivity index (χ4n) is 2.48. The predicted octanol–water partition coefficient (Wildman–Crippen LogP) is 1.16. The van der Waals surface area contributed by atoms with Gasteiger partial charge in [-0.1, -0.05) is 13.8 Å². The van der Waals surface area contributed by atoms with Gasteiger partial charge in [0.25, 0.3) is 0 Å². The van der Waals surface area contributed by atoms with Gasteiger partial charge in [0.15, 0.2) is 17.4 Å². The molecule has 25 heavy (non-hydrogen) atoms. The molecule has 0 amide bonds. The zero-order valence-corrected chi connectivity index (χ0v) is 15.6. The minimum Gasteiger partial charge on any atom is -0.384 e. The number of nitrogens with two attached hydrogens (primary N) is 1. The Balaban J connectivity index is 2.49. The lowest BCUT2D eigenvalue weighted by Crippen LogP contribution is -2.65. The summed E-state index contributed by atoms with van der Waals surface area (Å²) < 4.78 is 5.19. The first kappa shape index (κ1) is 19.2. The number of hydrogen-bond donors (Lipinski definition) is 5. The van der Waals surface area contributed by atoms with E-state index in [9.17, 15) is 0 Å². The van der Waals surface area contributed by atoms with Crippen LogP contribution in [0.1, 0.15) is 38.8 Å². The number of hydrogen-bond acceptors (Lipinski definition) is 8. The lowest BCUT2D eigenvalue weighted by Gasteiger charge is -2.39. The highest BCUT2D eigenvalue weighted by Crippen LogP contribution is 2.31. The Labute approximate surface area is 149 Å². The molecular formula is C16H30N8O. The van der Waals surface area contributed by atoms with E-state index >= 15 is 0 Å². The maximum atomic E-state index is 6.51. The highest BCUT2D eigenvalue weighted by atomic mass is 16.5. The van der Waals surface area contributed by atoms with Crippen molar-refractivity contribution in [1.29, 1.82) is 0 Å². The van der Waals surface area contributed by atoms with Crippen LogP contribution in [0.15, 0.2) is 4.99 Å². The molecule has 1 aromatic rings. The minimum absolute atomic E-state index is 0.514. The van der Waals surface area contributed by atoms with Crippen LogP contribution in [0.4, 0.5) is 17.5 Å². The summed E-state index contributed by atoms with van der Waals surface area (Å²) in [4.78, 5) is 13.8. The largest absolute Gasteiger partial charge is 0.384 e. The fraction of sp³-hybridized carbons (Fsp3) is 0.688. The van der Waals surface area contributed by atoms with E-state index in [0.717, 1.165) is 25.1 Å². The summed E-state index contributed by atoms with van der Waals surface area (Å²) >= 11 is 0. The molecule has 0 saturated heterocycles. The lowest BCUT2D eigenvalue weighted by atomic mass is 10.1. The predicted molar refractivity (Wildman–Crippen MR) is 102 cm³/mol. The zero-order valence-electron chi connectivity index (χ0n) is 15.6. The number of rotatable bonds is 9. The maximum Gasteiger partial charge on any atom is 0.225 e. The molecule has 1 aliphatic rings. The van der Waals surface area contributed by atoms with E-state index < -0.39 is 5.79 Å². The van der Waals surface area contributed by atoms with Crippen molar-refractivity contribution in [3.8, 4) is 0 Å². The Morgan fingerprint density at radius 1 is 1.24 bits per heavy atom. The fourth-order valence-corrected chi connectivity index (χ4v) is 2.48. The molecule has 0 aliphatic carbocycles. The van der Waals surface area contributed by atoms with Crippen LogP contribution in [-0.4, -0.2) is 55.4 Å². The first-order valence-corrected chi connectivity index (χ1v) is 8.79. The number of nitrogens with one attached hydrogen (secondary N) is 4. The number of ether oxygens (including phenoxy) is 1. The SMILES string of the molecule is CCCN=C1NC(N)(CCOC)Nc2c(NCCC)nc(NC)nc21. The number of amidine groups is 1. The van der Waals surface area contributed by atoms with Gasteiger partial charge in [0.2, 0.25) is 5.95 Å². The number of fused-ring (bicyclic) bond motifs is 1. The molecule has 0 fully saturated rings. The van der Waals surface area contributed by atoms with E-state index in [1.807, 2.05) is 0 Å². The monoisotopic (exact) mass is 350 g/mol. The maximum absolute atomic E-state index is 6.51. The summed E-state index contributed by atoms with van der Waals surface area (Å²) in [7, 11) is 3.45. The first-order chi connectivity index (χ1) is 12.1. The standard InChI is InChI=1S/C16H30N8O/c1-5-8-19-13-12-11(21-15(18-3)22-13)14(20-9-6-2)24-16(17,23-12)7-10-25-4/h23H,5-10,17H2,1-4H3,(H,20,24)(H2,18,19,21,22). The van der Waals surface area contributed by atoms with E-state index in [1.54, 1.807) is 14.2 Å². The molecule has 0 spiro atoms. The van der Waals surface area contributed by atoms with Gasteiger partial charge in [-0.3, -0.25) is 10.7 Å². The summed E-state index contributed by atoms with van der Waals surface area (Å²) in [6, 6.07) is 0. The quantitative estimate of drug-likeness (QED) is 0.450. The van der Waals surface area contributed by atoms with Crippen molar-refractivity contribution in [3.05, 3.63) is 5.69 Å². The first-order valence-electron chi connectivity index (χ1n) is 8.79. The highest BCUT2D eigenvalue weighted by Gasteiger charge is 2.35. The molecule has 9 heteroatoms. The molecule has 140 valence electrons. The topological polar surface area (TPSA) is 122 Å². The average Bonchev–Trinajstić information content (AvgIpc) is 2.62. The van der Waals surface area contributed by atoms with Gasteiger partial charge in [-0.25, -0.2) is 4.98 Å². The van der Waals surface area contributed by atoms with Crippen LogP contribution in [0, 0.1) is 0 Å². The van der Waals surface area contributed by atoms with Crippen LogP contribution < -0.4 is 27.0 Å².